The molecule has 0 radical (unpaired) electrons. The average Bonchev–Trinajstić information content (AvgIpc) is 3.30. The van der Waals surface area contributed by atoms with Crippen molar-refractivity contribution in [3.63, 3.8) is 0 Å². The van der Waals surface area contributed by atoms with Crippen LogP contribution in [0.1, 0.15) is 48.8 Å². The molecule has 2 N–H and O–H groups in total. The second-order valence-electron chi connectivity index (χ2n) is 7.36. The molecule has 1 aromatic heterocycles. The van der Waals surface area contributed by atoms with Gasteiger partial charge >= 0.3 is 0 Å². The Balaban J connectivity index is 1.50. The summed E-state index contributed by atoms with van der Waals surface area (Å²) in [6, 6.07) is 15.8. The van der Waals surface area contributed by atoms with Crippen molar-refractivity contribution >= 4 is 28.9 Å². The lowest BCUT2D eigenvalue weighted by molar-refractivity contribution is -0.118. The summed E-state index contributed by atoms with van der Waals surface area (Å²) < 4.78 is 4.84. The topological polar surface area (TPSA) is 87.5 Å². The number of aromatic nitrogens is 1. The second kappa shape index (κ2) is 8.41. The van der Waals surface area contributed by atoms with Gasteiger partial charge in [-0.1, -0.05) is 25.1 Å². The number of anilines is 3. The summed E-state index contributed by atoms with van der Waals surface area (Å²) >= 11 is 0. The molecule has 0 bridgehead atoms. The van der Waals surface area contributed by atoms with E-state index < -0.39 is 0 Å². The first-order valence-electron chi connectivity index (χ1n) is 10.0. The van der Waals surface area contributed by atoms with Gasteiger partial charge in [0, 0.05) is 29.5 Å². The van der Waals surface area contributed by atoms with E-state index in [0.29, 0.717) is 12.1 Å². The third-order valence-electron chi connectivity index (χ3n) is 5.31. The summed E-state index contributed by atoms with van der Waals surface area (Å²) in [6.45, 7) is 3.98. The molecule has 7 nitrogen and oxygen atoms in total. The predicted molar refractivity (Wildman–Crippen MR) is 116 cm³/mol. The Morgan fingerprint density at radius 2 is 1.87 bits per heavy atom. The Morgan fingerprint density at radius 3 is 2.57 bits per heavy atom. The molecule has 1 aliphatic rings. The molecule has 0 fully saturated rings. The van der Waals surface area contributed by atoms with Crippen LogP contribution in [0.15, 0.2) is 65.6 Å². The lowest BCUT2D eigenvalue weighted by Crippen LogP contribution is -2.44. The van der Waals surface area contributed by atoms with E-state index in [0.717, 1.165) is 23.4 Å². The Morgan fingerprint density at radius 1 is 1.13 bits per heavy atom. The van der Waals surface area contributed by atoms with Gasteiger partial charge in [-0.2, -0.15) is 0 Å². The monoisotopic (exact) mass is 404 g/mol. The number of fused-ring (bicyclic) bond motifs is 1. The molecule has 30 heavy (non-hydrogen) atoms. The van der Waals surface area contributed by atoms with Crippen molar-refractivity contribution < 1.29 is 14.0 Å². The van der Waals surface area contributed by atoms with Crippen LogP contribution in [0.3, 0.4) is 0 Å². The summed E-state index contributed by atoms with van der Waals surface area (Å²) in [6.07, 6.45) is 3.82. The van der Waals surface area contributed by atoms with Crippen LogP contribution in [-0.2, 0) is 4.79 Å². The van der Waals surface area contributed by atoms with E-state index in [4.69, 9.17) is 4.42 Å². The number of nitrogens with zero attached hydrogens (tertiary/aromatic N) is 2. The highest BCUT2D eigenvalue weighted by atomic mass is 16.3. The van der Waals surface area contributed by atoms with Gasteiger partial charge in [-0.25, -0.2) is 4.98 Å². The normalized spacial score (nSPS) is 17.9. The Hall–Kier alpha value is -3.61. The number of hydrogen-bond donors (Lipinski definition) is 2. The van der Waals surface area contributed by atoms with Crippen molar-refractivity contribution in [2.75, 3.05) is 15.5 Å². The SMILES string of the molecule is CCC(=O)N1c2ccccc2[C@H](Nc2ccc(NC(=O)c3cocn3)cc2)C[C@@H]1C. The minimum Gasteiger partial charge on any atom is -0.451 e. The minimum atomic E-state index is -0.319. The summed E-state index contributed by atoms with van der Waals surface area (Å²) in [5.74, 6) is -0.180. The highest BCUT2D eigenvalue weighted by molar-refractivity contribution is 6.02. The molecule has 2 heterocycles. The molecular weight excluding hydrogens is 380 g/mol. The van der Waals surface area contributed by atoms with E-state index in [9.17, 15) is 9.59 Å². The fraction of sp³-hybridized carbons (Fsp3) is 0.261. The van der Waals surface area contributed by atoms with Crippen LogP contribution in [0.5, 0.6) is 0 Å². The second-order valence-corrected chi connectivity index (χ2v) is 7.36. The van der Waals surface area contributed by atoms with Crippen LogP contribution in [0.4, 0.5) is 17.1 Å². The fourth-order valence-corrected chi connectivity index (χ4v) is 3.87. The predicted octanol–water partition coefficient (Wildman–Crippen LogP) is 4.62. The maximum absolute atomic E-state index is 12.5. The smallest absolute Gasteiger partial charge is 0.277 e. The van der Waals surface area contributed by atoms with Crippen molar-refractivity contribution in [1.29, 1.82) is 0 Å². The summed E-state index contributed by atoms with van der Waals surface area (Å²) in [5, 5.41) is 6.36. The quantitative estimate of drug-likeness (QED) is 0.648. The molecule has 3 aromatic rings. The van der Waals surface area contributed by atoms with Crippen molar-refractivity contribution in [3.8, 4) is 0 Å². The number of benzene rings is 2. The summed E-state index contributed by atoms with van der Waals surface area (Å²) in [4.78, 5) is 30.3. The van der Waals surface area contributed by atoms with E-state index in [2.05, 4.69) is 28.6 Å². The molecule has 2 aromatic carbocycles. The number of amides is 2. The number of rotatable bonds is 5. The molecule has 2 atom stereocenters. The highest BCUT2D eigenvalue weighted by Gasteiger charge is 2.32. The molecule has 0 spiro atoms. The van der Waals surface area contributed by atoms with E-state index in [1.807, 2.05) is 54.3 Å². The molecule has 2 amide bonds. The first-order valence-corrected chi connectivity index (χ1v) is 10.0. The number of para-hydroxylation sites is 1. The summed E-state index contributed by atoms with van der Waals surface area (Å²) in [7, 11) is 0. The van der Waals surface area contributed by atoms with Crippen molar-refractivity contribution in [1.82, 2.24) is 4.98 Å². The van der Waals surface area contributed by atoms with Gasteiger partial charge in [0.25, 0.3) is 5.91 Å². The molecule has 4 rings (SSSR count). The third-order valence-corrected chi connectivity index (χ3v) is 5.31. The number of carbonyl (C=O) groups excluding carboxylic acids is 2. The molecule has 0 saturated carbocycles. The molecular formula is C23H24N4O3. The first kappa shape index (κ1) is 19.7. The van der Waals surface area contributed by atoms with E-state index >= 15 is 0 Å². The Kier molecular flexibility index (Phi) is 5.52. The highest BCUT2D eigenvalue weighted by Crippen LogP contribution is 2.39. The molecule has 1 aliphatic heterocycles. The van der Waals surface area contributed by atoms with Gasteiger partial charge in [-0.15, -0.1) is 0 Å². The lowest BCUT2D eigenvalue weighted by atomic mass is 9.91. The molecule has 0 saturated heterocycles. The van der Waals surface area contributed by atoms with Gasteiger partial charge in [-0.05, 0) is 49.2 Å². The van der Waals surface area contributed by atoms with E-state index in [1.165, 1.54) is 12.7 Å². The van der Waals surface area contributed by atoms with E-state index in [1.54, 1.807) is 0 Å². The largest absolute Gasteiger partial charge is 0.451 e. The third kappa shape index (κ3) is 3.91. The molecule has 7 heteroatoms. The van der Waals surface area contributed by atoms with Crippen LogP contribution in [-0.4, -0.2) is 22.8 Å². The standard InChI is InChI=1S/C23H24N4O3/c1-3-22(28)27-15(2)12-19(18-6-4-5-7-21(18)27)25-16-8-10-17(11-9-16)26-23(29)20-13-30-14-24-20/h4-11,13-15,19,25H,3,12H2,1-2H3,(H,26,29)/t15-,19+/m0/s1. The zero-order chi connectivity index (χ0) is 21.1. The minimum absolute atomic E-state index is 0.0904. The lowest BCUT2D eigenvalue weighted by Gasteiger charge is -2.40. The number of carbonyl (C=O) groups is 2. The van der Waals surface area contributed by atoms with Crippen LogP contribution < -0.4 is 15.5 Å². The maximum Gasteiger partial charge on any atom is 0.277 e. The summed E-state index contributed by atoms with van der Waals surface area (Å²) in [5.41, 5.74) is 3.93. The molecule has 154 valence electrons. The van der Waals surface area contributed by atoms with Crippen LogP contribution in [0.25, 0.3) is 0 Å². The van der Waals surface area contributed by atoms with Gasteiger partial charge in [-0.3, -0.25) is 9.59 Å². The van der Waals surface area contributed by atoms with Crippen molar-refractivity contribution in [3.05, 3.63) is 72.4 Å². The first-order chi connectivity index (χ1) is 14.6. The average molecular weight is 404 g/mol. The van der Waals surface area contributed by atoms with Gasteiger partial charge < -0.3 is 20.0 Å². The van der Waals surface area contributed by atoms with Crippen LogP contribution >= 0.6 is 0 Å². The van der Waals surface area contributed by atoms with Gasteiger partial charge in [0.05, 0.1) is 6.04 Å². The van der Waals surface area contributed by atoms with Crippen LogP contribution in [0.2, 0.25) is 0 Å². The maximum atomic E-state index is 12.5. The zero-order valence-corrected chi connectivity index (χ0v) is 17.0. The Bertz CT molecular complexity index is 1030. The zero-order valence-electron chi connectivity index (χ0n) is 17.0. The van der Waals surface area contributed by atoms with Crippen molar-refractivity contribution in [2.24, 2.45) is 0 Å². The van der Waals surface area contributed by atoms with Gasteiger partial charge in [0.1, 0.15) is 6.26 Å². The van der Waals surface area contributed by atoms with Crippen molar-refractivity contribution in [2.45, 2.75) is 38.8 Å². The van der Waals surface area contributed by atoms with Gasteiger partial charge in [0.15, 0.2) is 12.1 Å². The molecule has 0 unspecified atom stereocenters. The number of hydrogen-bond acceptors (Lipinski definition) is 5. The number of oxazole rings is 1. The molecule has 0 aliphatic carbocycles. The van der Waals surface area contributed by atoms with E-state index in [-0.39, 0.29) is 29.6 Å². The fourth-order valence-electron chi connectivity index (χ4n) is 3.87. The Labute approximate surface area is 175 Å². The van der Waals surface area contributed by atoms with Crippen LogP contribution in [0, 0.1) is 0 Å². The number of nitrogens with one attached hydrogen (secondary N) is 2. The van der Waals surface area contributed by atoms with Gasteiger partial charge in [0.2, 0.25) is 5.91 Å².